The third-order valence-corrected chi connectivity index (χ3v) is 2.58. The van der Waals surface area contributed by atoms with E-state index in [1.165, 1.54) is 0 Å². The lowest BCUT2D eigenvalue weighted by Gasteiger charge is -2.43. The van der Waals surface area contributed by atoms with Crippen LogP contribution in [-0.4, -0.2) is 35.5 Å². The number of aromatic amines is 1. The quantitative estimate of drug-likeness (QED) is 0.690. The molecule has 3 N–H and O–H groups in total. The van der Waals surface area contributed by atoms with E-state index in [0.717, 1.165) is 25.4 Å². The van der Waals surface area contributed by atoms with Gasteiger partial charge in [-0.1, -0.05) is 0 Å². The fourth-order valence-corrected chi connectivity index (χ4v) is 1.81. The topological polar surface area (TPSA) is 67.2 Å². The molecule has 0 amide bonds. The predicted molar refractivity (Wildman–Crippen MR) is 55.2 cm³/mol. The minimum Gasteiger partial charge on any atom is -0.382 e. The average Bonchev–Trinajstić information content (AvgIpc) is 2.51. The minimum absolute atomic E-state index is 0.0176. The van der Waals surface area contributed by atoms with E-state index in [9.17, 15) is 0 Å². The molecule has 0 radical (unpaired) electrons. The Balaban J connectivity index is 2.28. The maximum atomic E-state index is 5.79. The average molecular weight is 196 g/mol. The molecule has 14 heavy (non-hydrogen) atoms. The Kier molecular flexibility index (Phi) is 2.11. The van der Waals surface area contributed by atoms with Crippen LogP contribution in [0.3, 0.4) is 0 Å². The molecule has 1 aromatic rings. The summed E-state index contributed by atoms with van der Waals surface area (Å²) in [6.07, 6.45) is 1.77. The third kappa shape index (κ3) is 1.43. The maximum Gasteiger partial charge on any atom is 0.142 e. The zero-order chi connectivity index (χ0) is 10.2. The van der Waals surface area contributed by atoms with Crippen molar-refractivity contribution in [3.8, 4) is 0 Å². The van der Waals surface area contributed by atoms with Crippen LogP contribution in [0.15, 0.2) is 6.20 Å². The van der Waals surface area contributed by atoms with Crippen LogP contribution >= 0.6 is 0 Å². The number of rotatable bonds is 1. The predicted octanol–water partition coefficient (Wildman–Crippen LogP) is 0.607. The Labute approximate surface area is 83.2 Å². The highest BCUT2D eigenvalue weighted by molar-refractivity contribution is 5.63. The van der Waals surface area contributed by atoms with Crippen molar-refractivity contribution in [1.82, 2.24) is 10.2 Å². The summed E-state index contributed by atoms with van der Waals surface area (Å²) in [4.78, 5) is 2.23. The van der Waals surface area contributed by atoms with Crippen molar-refractivity contribution in [2.45, 2.75) is 19.4 Å². The molecule has 0 unspecified atom stereocenters. The van der Waals surface area contributed by atoms with E-state index in [-0.39, 0.29) is 5.54 Å². The number of hydrogen-bond acceptors (Lipinski definition) is 4. The highest BCUT2D eigenvalue weighted by Gasteiger charge is 2.32. The van der Waals surface area contributed by atoms with Crippen molar-refractivity contribution in [3.05, 3.63) is 6.20 Å². The molecule has 1 saturated heterocycles. The van der Waals surface area contributed by atoms with Gasteiger partial charge in [0.1, 0.15) is 5.82 Å². The van der Waals surface area contributed by atoms with Gasteiger partial charge >= 0.3 is 0 Å². The van der Waals surface area contributed by atoms with Crippen LogP contribution < -0.4 is 10.6 Å². The van der Waals surface area contributed by atoms with Gasteiger partial charge in [0.05, 0.1) is 30.6 Å². The monoisotopic (exact) mass is 196 g/mol. The first kappa shape index (κ1) is 9.33. The van der Waals surface area contributed by atoms with Crippen molar-refractivity contribution in [3.63, 3.8) is 0 Å². The van der Waals surface area contributed by atoms with Gasteiger partial charge in [-0.2, -0.15) is 5.10 Å². The third-order valence-electron chi connectivity index (χ3n) is 2.58. The molecule has 1 fully saturated rings. The summed E-state index contributed by atoms with van der Waals surface area (Å²) < 4.78 is 5.44. The van der Waals surface area contributed by atoms with E-state index >= 15 is 0 Å². The van der Waals surface area contributed by atoms with Gasteiger partial charge in [0, 0.05) is 6.54 Å². The van der Waals surface area contributed by atoms with Crippen molar-refractivity contribution in [2.24, 2.45) is 0 Å². The van der Waals surface area contributed by atoms with Crippen LogP contribution in [0.2, 0.25) is 0 Å². The lowest BCUT2D eigenvalue weighted by Crippen LogP contribution is -2.53. The normalized spacial score (nSPS) is 21.1. The first-order valence-corrected chi connectivity index (χ1v) is 4.75. The number of aromatic nitrogens is 2. The molecule has 78 valence electrons. The molecule has 2 heterocycles. The van der Waals surface area contributed by atoms with Gasteiger partial charge in [0.25, 0.3) is 0 Å². The van der Waals surface area contributed by atoms with Crippen molar-refractivity contribution < 1.29 is 4.74 Å². The van der Waals surface area contributed by atoms with Gasteiger partial charge in [-0.3, -0.25) is 5.10 Å². The molecule has 0 aliphatic carbocycles. The highest BCUT2D eigenvalue weighted by Crippen LogP contribution is 2.29. The number of morpholine rings is 1. The summed E-state index contributed by atoms with van der Waals surface area (Å²) in [5, 5.41) is 6.68. The number of nitrogens with one attached hydrogen (secondary N) is 1. The lowest BCUT2D eigenvalue weighted by molar-refractivity contribution is 0.0645. The summed E-state index contributed by atoms with van der Waals surface area (Å²) >= 11 is 0. The molecule has 5 nitrogen and oxygen atoms in total. The fraction of sp³-hybridized carbons (Fsp3) is 0.667. The van der Waals surface area contributed by atoms with Crippen LogP contribution in [0.5, 0.6) is 0 Å². The second-order valence-corrected chi connectivity index (χ2v) is 4.19. The summed E-state index contributed by atoms with van der Waals surface area (Å²) in [5.41, 5.74) is 6.74. The maximum absolute atomic E-state index is 5.79. The number of anilines is 2. The molecule has 1 aliphatic rings. The first-order valence-electron chi connectivity index (χ1n) is 4.75. The number of nitrogens with two attached hydrogens (primary N) is 1. The molecule has 1 aromatic heterocycles. The number of H-pyrrole nitrogens is 1. The standard InChI is InChI=1S/C9H16N4O/c1-9(2)6-14-4-3-13(9)7-5-11-12-8(7)10/h5H,3-4,6H2,1-2H3,(H3,10,11,12). The second kappa shape index (κ2) is 3.16. The Morgan fingerprint density at radius 2 is 2.43 bits per heavy atom. The highest BCUT2D eigenvalue weighted by atomic mass is 16.5. The number of nitrogen functional groups attached to an aromatic ring is 1. The van der Waals surface area contributed by atoms with E-state index in [2.05, 4.69) is 28.9 Å². The van der Waals surface area contributed by atoms with Crippen LogP contribution in [0.1, 0.15) is 13.8 Å². The van der Waals surface area contributed by atoms with Crippen molar-refractivity contribution in [1.29, 1.82) is 0 Å². The largest absolute Gasteiger partial charge is 0.382 e. The van der Waals surface area contributed by atoms with E-state index < -0.39 is 0 Å². The van der Waals surface area contributed by atoms with E-state index in [1.807, 2.05) is 0 Å². The van der Waals surface area contributed by atoms with Gasteiger partial charge in [-0.05, 0) is 13.8 Å². The number of ether oxygens (including phenoxy) is 1. The molecule has 2 rings (SSSR count). The fourth-order valence-electron chi connectivity index (χ4n) is 1.81. The van der Waals surface area contributed by atoms with E-state index in [1.54, 1.807) is 6.20 Å². The van der Waals surface area contributed by atoms with Crippen LogP contribution in [0.4, 0.5) is 11.5 Å². The Bertz CT molecular complexity index is 320. The second-order valence-electron chi connectivity index (χ2n) is 4.19. The van der Waals surface area contributed by atoms with Gasteiger partial charge < -0.3 is 15.4 Å². The van der Waals surface area contributed by atoms with E-state index in [0.29, 0.717) is 5.82 Å². The first-order chi connectivity index (χ1) is 6.61. The van der Waals surface area contributed by atoms with Gasteiger partial charge in [0.15, 0.2) is 0 Å². The van der Waals surface area contributed by atoms with Gasteiger partial charge in [-0.15, -0.1) is 0 Å². The SMILES string of the molecule is CC1(C)COCCN1c1cn[nH]c1N. The van der Waals surface area contributed by atoms with Crippen LogP contribution in [-0.2, 0) is 4.74 Å². The smallest absolute Gasteiger partial charge is 0.142 e. The molecule has 0 aromatic carbocycles. The molecule has 1 aliphatic heterocycles. The van der Waals surface area contributed by atoms with Gasteiger partial charge in [0.2, 0.25) is 0 Å². The minimum atomic E-state index is -0.0176. The molecule has 0 spiro atoms. The Morgan fingerprint density at radius 1 is 1.64 bits per heavy atom. The van der Waals surface area contributed by atoms with Crippen LogP contribution in [0, 0.1) is 0 Å². The summed E-state index contributed by atoms with van der Waals surface area (Å²) in [6, 6.07) is 0. The zero-order valence-corrected chi connectivity index (χ0v) is 8.58. The Morgan fingerprint density at radius 3 is 3.00 bits per heavy atom. The van der Waals surface area contributed by atoms with Crippen molar-refractivity contribution in [2.75, 3.05) is 30.4 Å². The van der Waals surface area contributed by atoms with Gasteiger partial charge in [-0.25, -0.2) is 0 Å². The number of hydrogen-bond donors (Lipinski definition) is 2. The summed E-state index contributed by atoms with van der Waals surface area (Å²) in [7, 11) is 0. The molecular formula is C9H16N4O. The van der Waals surface area contributed by atoms with Crippen LogP contribution in [0.25, 0.3) is 0 Å². The Hall–Kier alpha value is -1.23. The molecule has 0 saturated carbocycles. The number of nitrogens with zero attached hydrogens (tertiary/aromatic N) is 2. The zero-order valence-electron chi connectivity index (χ0n) is 8.58. The summed E-state index contributed by atoms with van der Waals surface area (Å²) in [6.45, 7) is 6.60. The van der Waals surface area contributed by atoms with Crippen molar-refractivity contribution >= 4 is 11.5 Å². The summed E-state index contributed by atoms with van der Waals surface area (Å²) in [5.74, 6) is 0.625. The lowest BCUT2D eigenvalue weighted by atomic mass is 10.0. The molecule has 0 atom stereocenters. The molecule has 5 heteroatoms. The molecular weight excluding hydrogens is 180 g/mol. The van der Waals surface area contributed by atoms with E-state index in [4.69, 9.17) is 10.5 Å². The molecule has 0 bridgehead atoms.